The average molecular weight is 271 g/mol. The summed E-state index contributed by atoms with van der Waals surface area (Å²) in [4.78, 5) is 13.6. The maximum absolute atomic E-state index is 11.9. The van der Waals surface area contributed by atoms with Crippen LogP contribution in [0.25, 0.3) is 10.9 Å². The molecule has 1 aliphatic rings. The number of para-hydroxylation sites is 1. The molecular weight excluding hydrogens is 250 g/mol. The molecule has 4 nitrogen and oxygen atoms in total. The third kappa shape index (κ3) is 2.70. The maximum atomic E-state index is 11.9. The van der Waals surface area contributed by atoms with E-state index in [4.69, 9.17) is 0 Å². The number of carbonyl (C=O) groups excluding carboxylic acids is 1. The number of likely N-dealkylation sites (N-methyl/N-ethyl adjacent to an activating group) is 1. The fraction of sp³-hybridized carbons (Fsp3) is 0.438. The smallest absolute Gasteiger partial charge is 0.241 e. The fourth-order valence-corrected chi connectivity index (χ4v) is 2.44. The van der Waals surface area contributed by atoms with E-state index in [0.29, 0.717) is 12.6 Å². The topological polar surface area (TPSA) is 37.3 Å². The molecule has 3 rings (SSSR count). The molecular formula is C16H21N3O. The minimum atomic E-state index is 0.118. The highest BCUT2D eigenvalue weighted by Gasteiger charge is 2.20. The number of amides is 1. The summed E-state index contributed by atoms with van der Waals surface area (Å²) in [5.41, 5.74) is 2.45. The summed E-state index contributed by atoms with van der Waals surface area (Å²) in [6.45, 7) is 1.28. The van der Waals surface area contributed by atoms with Crippen LogP contribution in [0.1, 0.15) is 18.4 Å². The Kier molecular flexibility index (Phi) is 3.49. The van der Waals surface area contributed by atoms with Gasteiger partial charge in [-0.1, -0.05) is 18.2 Å². The van der Waals surface area contributed by atoms with Gasteiger partial charge in [0, 0.05) is 32.9 Å². The van der Waals surface area contributed by atoms with Crippen molar-refractivity contribution in [3.63, 3.8) is 0 Å². The molecule has 0 unspecified atom stereocenters. The summed E-state index contributed by atoms with van der Waals surface area (Å²) in [6.07, 6.45) is 4.58. The van der Waals surface area contributed by atoms with Gasteiger partial charge in [-0.2, -0.15) is 0 Å². The maximum Gasteiger partial charge on any atom is 0.241 e. The third-order valence-electron chi connectivity index (χ3n) is 3.83. The first-order chi connectivity index (χ1) is 9.65. The minimum Gasteiger partial charge on any atom is -0.347 e. The minimum absolute atomic E-state index is 0.118. The Labute approximate surface area is 119 Å². The summed E-state index contributed by atoms with van der Waals surface area (Å²) in [5.74, 6) is 0.118. The van der Waals surface area contributed by atoms with Crippen LogP contribution in [-0.4, -0.2) is 35.5 Å². The van der Waals surface area contributed by atoms with Gasteiger partial charge in [-0.05, 0) is 29.9 Å². The molecule has 1 heterocycles. The summed E-state index contributed by atoms with van der Waals surface area (Å²) < 4.78 is 2.06. The van der Waals surface area contributed by atoms with Crippen molar-refractivity contribution in [2.24, 2.45) is 0 Å². The zero-order valence-electron chi connectivity index (χ0n) is 12.1. The summed E-state index contributed by atoms with van der Waals surface area (Å²) in [6, 6.07) is 9.11. The van der Waals surface area contributed by atoms with Gasteiger partial charge < -0.3 is 14.8 Å². The standard InChI is InChI=1S/C16H21N3O/c1-18(2)15(20)11-19-9-8-12-4-3-5-13(16(12)19)10-17-14-6-7-14/h3-5,8-9,14,17H,6-7,10-11H2,1-2H3. The van der Waals surface area contributed by atoms with Gasteiger partial charge in [0.05, 0.1) is 5.52 Å². The zero-order valence-corrected chi connectivity index (χ0v) is 12.1. The van der Waals surface area contributed by atoms with Gasteiger partial charge in [-0.3, -0.25) is 4.79 Å². The lowest BCUT2D eigenvalue weighted by atomic mass is 10.1. The molecule has 20 heavy (non-hydrogen) atoms. The van der Waals surface area contributed by atoms with Crippen molar-refractivity contribution in [1.82, 2.24) is 14.8 Å². The number of rotatable bonds is 5. The van der Waals surface area contributed by atoms with E-state index in [0.717, 1.165) is 6.54 Å². The molecule has 2 aromatic rings. The second-order valence-electron chi connectivity index (χ2n) is 5.74. The molecule has 1 fully saturated rings. The van der Waals surface area contributed by atoms with Crippen molar-refractivity contribution >= 4 is 16.8 Å². The average Bonchev–Trinajstić information content (AvgIpc) is 3.17. The van der Waals surface area contributed by atoms with E-state index in [-0.39, 0.29) is 5.91 Å². The van der Waals surface area contributed by atoms with Gasteiger partial charge in [0.1, 0.15) is 6.54 Å². The van der Waals surface area contributed by atoms with E-state index in [2.05, 4.69) is 34.1 Å². The fourth-order valence-electron chi connectivity index (χ4n) is 2.44. The molecule has 1 aliphatic carbocycles. The monoisotopic (exact) mass is 271 g/mol. The molecule has 0 bridgehead atoms. The first-order valence-corrected chi connectivity index (χ1v) is 7.15. The van der Waals surface area contributed by atoms with Crippen LogP contribution in [0, 0.1) is 0 Å². The summed E-state index contributed by atoms with van der Waals surface area (Å²) in [7, 11) is 3.59. The third-order valence-corrected chi connectivity index (χ3v) is 3.83. The second-order valence-corrected chi connectivity index (χ2v) is 5.74. The van der Waals surface area contributed by atoms with E-state index in [1.807, 2.05) is 6.20 Å². The lowest BCUT2D eigenvalue weighted by Crippen LogP contribution is -2.26. The van der Waals surface area contributed by atoms with E-state index in [9.17, 15) is 4.79 Å². The molecule has 1 amide bonds. The number of hydrogen-bond acceptors (Lipinski definition) is 2. The Morgan fingerprint density at radius 2 is 2.15 bits per heavy atom. The number of hydrogen-bond donors (Lipinski definition) is 1. The van der Waals surface area contributed by atoms with Crippen LogP contribution in [0.2, 0.25) is 0 Å². The van der Waals surface area contributed by atoms with Crippen LogP contribution in [-0.2, 0) is 17.9 Å². The van der Waals surface area contributed by atoms with Crippen LogP contribution in [0.4, 0.5) is 0 Å². The lowest BCUT2D eigenvalue weighted by Gasteiger charge is -2.13. The molecule has 1 aromatic heterocycles. The number of nitrogens with one attached hydrogen (secondary N) is 1. The van der Waals surface area contributed by atoms with Gasteiger partial charge in [0.15, 0.2) is 0 Å². The zero-order chi connectivity index (χ0) is 14.1. The molecule has 1 saturated carbocycles. The van der Waals surface area contributed by atoms with Crippen LogP contribution in [0.3, 0.4) is 0 Å². The van der Waals surface area contributed by atoms with Crippen molar-refractivity contribution < 1.29 is 4.79 Å². The molecule has 1 N–H and O–H groups in total. The molecule has 0 aliphatic heterocycles. The normalized spacial score (nSPS) is 14.7. The first kappa shape index (κ1) is 13.2. The van der Waals surface area contributed by atoms with E-state index in [1.165, 1.54) is 29.3 Å². The quantitative estimate of drug-likeness (QED) is 0.903. The Bertz CT molecular complexity index is 626. The first-order valence-electron chi connectivity index (χ1n) is 7.15. The van der Waals surface area contributed by atoms with Crippen molar-refractivity contribution in [2.45, 2.75) is 32.0 Å². The van der Waals surface area contributed by atoms with Crippen molar-refractivity contribution in [2.75, 3.05) is 14.1 Å². The highest BCUT2D eigenvalue weighted by molar-refractivity contribution is 5.85. The lowest BCUT2D eigenvalue weighted by molar-refractivity contribution is -0.129. The Morgan fingerprint density at radius 3 is 2.85 bits per heavy atom. The van der Waals surface area contributed by atoms with E-state index in [1.54, 1.807) is 19.0 Å². The molecule has 0 saturated heterocycles. The predicted molar refractivity (Wildman–Crippen MR) is 80.5 cm³/mol. The molecule has 106 valence electrons. The van der Waals surface area contributed by atoms with Gasteiger partial charge >= 0.3 is 0 Å². The van der Waals surface area contributed by atoms with Gasteiger partial charge in [-0.15, -0.1) is 0 Å². The van der Waals surface area contributed by atoms with Crippen LogP contribution < -0.4 is 5.32 Å². The van der Waals surface area contributed by atoms with E-state index < -0.39 is 0 Å². The highest BCUT2D eigenvalue weighted by atomic mass is 16.2. The number of carbonyl (C=O) groups is 1. The SMILES string of the molecule is CN(C)C(=O)Cn1ccc2cccc(CNC3CC3)c21. The Hall–Kier alpha value is -1.81. The number of benzene rings is 1. The molecule has 4 heteroatoms. The van der Waals surface area contributed by atoms with Crippen molar-refractivity contribution in [3.8, 4) is 0 Å². The predicted octanol–water partition coefficient (Wildman–Crippen LogP) is 1.98. The highest BCUT2D eigenvalue weighted by Crippen LogP contribution is 2.23. The van der Waals surface area contributed by atoms with Gasteiger partial charge in [0.2, 0.25) is 5.91 Å². The second kappa shape index (κ2) is 5.29. The molecule has 0 spiro atoms. The molecule has 0 atom stereocenters. The Balaban J connectivity index is 1.89. The van der Waals surface area contributed by atoms with Gasteiger partial charge in [-0.25, -0.2) is 0 Å². The van der Waals surface area contributed by atoms with Gasteiger partial charge in [0.25, 0.3) is 0 Å². The number of nitrogens with zero attached hydrogens (tertiary/aromatic N) is 2. The Morgan fingerprint density at radius 1 is 1.35 bits per heavy atom. The van der Waals surface area contributed by atoms with Crippen LogP contribution >= 0.6 is 0 Å². The number of aromatic nitrogens is 1. The summed E-state index contributed by atoms with van der Waals surface area (Å²) in [5, 5.41) is 4.75. The number of fused-ring (bicyclic) bond motifs is 1. The van der Waals surface area contributed by atoms with Crippen molar-refractivity contribution in [1.29, 1.82) is 0 Å². The molecule has 0 radical (unpaired) electrons. The van der Waals surface area contributed by atoms with Crippen LogP contribution in [0.15, 0.2) is 30.5 Å². The van der Waals surface area contributed by atoms with Crippen molar-refractivity contribution in [3.05, 3.63) is 36.0 Å². The summed E-state index contributed by atoms with van der Waals surface area (Å²) >= 11 is 0. The van der Waals surface area contributed by atoms with Crippen LogP contribution in [0.5, 0.6) is 0 Å². The molecule has 1 aromatic carbocycles. The van der Waals surface area contributed by atoms with E-state index >= 15 is 0 Å². The largest absolute Gasteiger partial charge is 0.347 e.